The van der Waals surface area contributed by atoms with Crippen molar-refractivity contribution in [1.82, 2.24) is 104 Å². The summed E-state index contributed by atoms with van der Waals surface area (Å²) < 4.78 is 26.0. The lowest BCUT2D eigenvalue weighted by Crippen LogP contribution is -2.36. The topological polar surface area (TPSA) is 406 Å². The van der Waals surface area contributed by atoms with Crippen molar-refractivity contribution in [3.63, 3.8) is 0 Å². The second-order valence-electron chi connectivity index (χ2n) is 32.5. The number of anilines is 7. The number of nitrogens with one attached hydrogen (secondary N) is 11. The maximum absolute atomic E-state index is 13.7. The smallest absolute Gasteiger partial charge is 0.251 e. The van der Waals surface area contributed by atoms with Gasteiger partial charge in [0.05, 0.1) is 37.3 Å². The van der Waals surface area contributed by atoms with Gasteiger partial charge in [-0.3, -0.25) is 19.2 Å². The molecule has 5 saturated heterocycles. The zero-order chi connectivity index (χ0) is 79.1. The van der Waals surface area contributed by atoms with Crippen LogP contribution in [-0.2, 0) is 23.9 Å². The number of carbonyl (C=O) groups excluding carboxylic acids is 4. The molecule has 7 aliphatic carbocycles. The first-order valence-corrected chi connectivity index (χ1v) is 40.5. The van der Waals surface area contributed by atoms with Crippen LogP contribution < -0.4 is 58.5 Å². The van der Waals surface area contributed by atoms with Crippen molar-refractivity contribution in [2.75, 3.05) is 64.5 Å². The zero-order valence-corrected chi connectivity index (χ0v) is 64.9. The third kappa shape index (κ3) is 18.3. The molecule has 2 atom stereocenters. The molecule has 5 aliphatic heterocycles. The number of aliphatic hydroxyl groups is 1. The van der Waals surface area contributed by atoms with Crippen LogP contribution in [0.4, 0.5) is 46.0 Å². The quantitative estimate of drug-likeness (QED) is 0.0317. The predicted molar refractivity (Wildman–Crippen MR) is 433 cm³/mol. The number of alkyl halides is 1. The number of fused-ring (bicyclic) bond motifs is 4. The first-order chi connectivity index (χ1) is 55.7. The van der Waals surface area contributed by atoms with Crippen LogP contribution >= 0.6 is 0 Å². The van der Waals surface area contributed by atoms with Gasteiger partial charge >= 0.3 is 0 Å². The van der Waals surface area contributed by atoms with Gasteiger partial charge in [0.15, 0.2) is 22.6 Å². The molecule has 12 N–H and O–H groups in total. The van der Waals surface area contributed by atoms with Gasteiger partial charge in [-0.1, -0.05) is 26.3 Å². The van der Waals surface area contributed by atoms with E-state index >= 15 is 0 Å². The average molecular weight is 1570 g/mol. The predicted octanol–water partition coefficient (Wildman–Crippen LogP) is 8.66. The van der Waals surface area contributed by atoms with Crippen molar-refractivity contribution in [2.24, 2.45) is 0 Å². The highest BCUT2D eigenvalue weighted by atomic mass is 19.1. The van der Waals surface area contributed by atoms with Gasteiger partial charge in [0, 0.05) is 148 Å². The number of nitrogens with zero attached hydrogens (tertiary/aromatic N) is 17. The number of halogens is 1. The van der Waals surface area contributed by atoms with E-state index < -0.39 is 6.17 Å². The van der Waals surface area contributed by atoms with Crippen LogP contribution in [0.3, 0.4) is 0 Å². The van der Waals surface area contributed by atoms with Crippen molar-refractivity contribution in [3.8, 4) is 0 Å². The van der Waals surface area contributed by atoms with Gasteiger partial charge in [0.1, 0.15) is 12.0 Å². The van der Waals surface area contributed by atoms with Crippen LogP contribution in [0.5, 0.6) is 0 Å². The van der Waals surface area contributed by atoms with Gasteiger partial charge in [-0.15, -0.1) is 0 Å². The molecular weight excluding hydrogens is 1470 g/mol. The molecule has 1 unspecified atom stereocenters. The maximum atomic E-state index is 13.7. The Balaban J connectivity index is 0.000000111. The van der Waals surface area contributed by atoms with E-state index in [1.54, 1.807) is 42.8 Å². The fraction of sp³-hybridized carbons (Fsp3) is 0.500. The number of amides is 4. The SMILES string of the molecule is C=C1C/C(=C\c2cnn3c(NC4CC4)nc(NC4CCC(N(C)C)CC4)nc23)C(=O)N1.C=C1C/C(=C\c2cnn3c(NC4CC4)nc(NC4CCC(O)CC4)nc23)C(=O)N1.C=C1C/C(=C\c2cnn3c(NC4CC4)nc(NC4CCOCC4)nc23)C(=O)N1.C=C1NC(=O)C/C1=C\c1cnn2c(NC3CC3)nc(C3CC[C@H](F)C3)nc12. The minimum Gasteiger partial charge on any atom is -0.393 e. The molecule has 0 aromatic carbocycles. The normalized spacial score (nSPS) is 25.2. The Morgan fingerprint density at radius 3 is 1.11 bits per heavy atom. The number of aromatic nitrogens is 16. The molecule has 34 nitrogen and oxygen atoms in total. The molecule has 12 fully saturated rings. The summed E-state index contributed by atoms with van der Waals surface area (Å²) in [6.45, 7) is 16.9. The van der Waals surface area contributed by atoms with Gasteiger partial charge in [0.2, 0.25) is 47.5 Å². The Labute approximate surface area is 662 Å². The minimum atomic E-state index is -0.778. The van der Waals surface area contributed by atoms with Crippen LogP contribution in [0, 0.1) is 0 Å². The van der Waals surface area contributed by atoms with E-state index in [9.17, 15) is 28.7 Å². The monoisotopic (exact) mass is 1570 g/mol. The van der Waals surface area contributed by atoms with Gasteiger partial charge in [-0.05, 0) is 179 Å². The molecule has 12 aliphatic rings. The standard InChI is InChI=1S/C22H30N8O.C20H25N7O2.C19H21FN6O.C19H23N7O2/c1-13-10-14(20(31)24-13)11-15-12-23-30-19(15)27-21(28-22(30)26-17-4-5-17)25-16-6-8-18(9-7-16)29(2)3;1-11-8-12(18(29)22-11)9-13-10-21-27-17(13)25-19(26-20(27)24-15-2-3-15)23-14-4-6-16(28)7-5-14;1-10-12(8-16(27)22-10)6-13-9-21-26-18(13)24-17(11-2-3-14(20)7-11)25-19(26)23-15-4-5-15;1-11-8-12(17(27)21-11)9-13-10-20-26-16(13)24-18(22-15-4-6-28-7-5-15)25-19(26)23-14-2-3-14/h11-12,16-18H,1,4-10H2,2-3H3,(H,24,31)(H2,25,26,27,28);9-10,14-16,28H,1-8H2,(H,22,29)(H2,23,24,25,26);6,9,11,14-15H,1-5,7-8H2,(H,22,27)(H,23,24,25);9-10,14-15H,1-8H2,(H,21,27)(H2,22,23,24,25)/b14-11+;12-9+;12-6+;12-9+/t;;11?,14-;/m..0./s1. The largest absolute Gasteiger partial charge is 0.393 e. The summed E-state index contributed by atoms with van der Waals surface area (Å²) in [4.78, 5) is 87.8. The molecule has 0 bridgehead atoms. The fourth-order valence-corrected chi connectivity index (χ4v) is 15.5. The third-order valence-corrected chi connectivity index (χ3v) is 22.6. The summed E-state index contributed by atoms with van der Waals surface area (Å²) in [6, 6.07) is 3.24. The number of aliphatic hydroxyl groups excluding tert-OH is 1. The molecule has 8 aromatic heterocycles. The van der Waals surface area contributed by atoms with Crippen molar-refractivity contribution in [3.05, 3.63) is 124 Å². The van der Waals surface area contributed by atoms with Gasteiger partial charge in [0.25, 0.3) is 17.7 Å². The summed E-state index contributed by atoms with van der Waals surface area (Å²) in [5, 5.41) is 62.7. The van der Waals surface area contributed by atoms with Crippen molar-refractivity contribution in [1.29, 1.82) is 0 Å². The summed E-state index contributed by atoms with van der Waals surface area (Å²) in [6.07, 6.45) is 35.7. The molecule has 13 heterocycles. The lowest BCUT2D eigenvalue weighted by molar-refractivity contribution is -0.119. The molecular formula is C80H99FN28O6. The Bertz CT molecular complexity index is 5280. The molecule has 4 amide bonds. The van der Waals surface area contributed by atoms with Crippen molar-refractivity contribution >= 4 is 112 Å². The Morgan fingerprint density at radius 2 is 0.774 bits per heavy atom. The van der Waals surface area contributed by atoms with Crippen molar-refractivity contribution < 1.29 is 33.4 Å². The van der Waals surface area contributed by atoms with Crippen LogP contribution in [0.25, 0.3) is 46.9 Å². The Hall–Kier alpha value is -11.6. The molecule has 20 rings (SSSR count). The van der Waals surface area contributed by atoms with Gasteiger partial charge < -0.3 is 73.2 Å². The van der Waals surface area contributed by atoms with Crippen LogP contribution in [-0.4, -0.2) is 200 Å². The number of hydrogen-bond donors (Lipinski definition) is 12. The minimum absolute atomic E-state index is 0.0323. The van der Waals surface area contributed by atoms with E-state index in [-0.39, 0.29) is 41.7 Å². The van der Waals surface area contributed by atoms with E-state index in [0.29, 0.717) is 190 Å². The van der Waals surface area contributed by atoms with E-state index in [4.69, 9.17) is 29.7 Å². The highest BCUT2D eigenvalue weighted by Crippen LogP contribution is 2.38. The molecule has 35 heteroatoms. The van der Waals surface area contributed by atoms with Crippen LogP contribution in [0.15, 0.2) is 96.2 Å². The van der Waals surface area contributed by atoms with Crippen LogP contribution in [0.2, 0.25) is 0 Å². The molecule has 8 aromatic rings. The molecule has 0 radical (unpaired) electrons. The fourth-order valence-electron chi connectivity index (χ4n) is 15.5. The Morgan fingerprint density at radius 1 is 0.426 bits per heavy atom. The number of ether oxygens (including phenoxy) is 1. The number of allylic oxidation sites excluding steroid dienone is 4. The van der Waals surface area contributed by atoms with Crippen LogP contribution in [0.1, 0.15) is 195 Å². The highest BCUT2D eigenvalue weighted by Gasteiger charge is 2.35. The van der Waals surface area contributed by atoms with Gasteiger partial charge in [-0.2, -0.15) is 73.3 Å². The highest BCUT2D eigenvalue weighted by molar-refractivity contribution is 6.04. The summed E-state index contributed by atoms with van der Waals surface area (Å²) in [5.41, 5.74) is 11.4. The summed E-state index contributed by atoms with van der Waals surface area (Å²) in [5.74, 6) is 4.71. The molecule has 115 heavy (non-hydrogen) atoms. The lowest BCUT2D eigenvalue weighted by atomic mass is 9.91. The van der Waals surface area contributed by atoms with E-state index in [2.05, 4.69) is 139 Å². The Kier molecular flexibility index (Phi) is 21.6. The number of hydrogen-bond acceptors (Lipinski definition) is 26. The molecule has 602 valence electrons. The first kappa shape index (κ1) is 76.1. The maximum Gasteiger partial charge on any atom is 0.251 e. The average Bonchev–Trinajstić information content (AvgIpc) is 1.66. The van der Waals surface area contributed by atoms with E-state index in [1.165, 1.54) is 12.8 Å². The summed E-state index contributed by atoms with van der Waals surface area (Å²) in [7, 11) is 4.31. The second kappa shape index (κ2) is 32.7. The zero-order valence-electron chi connectivity index (χ0n) is 64.9. The summed E-state index contributed by atoms with van der Waals surface area (Å²) >= 11 is 0. The van der Waals surface area contributed by atoms with E-state index in [1.807, 2.05) is 24.3 Å². The van der Waals surface area contributed by atoms with Gasteiger partial charge in [-0.25, -0.2) is 9.37 Å². The van der Waals surface area contributed by atoms with Crippen molar-refractivity contribution in [2.45, 2.75) is 227 Å². The first-order valence-electron chi connectivity index (χ1n) is 40.5. The third-order valence-electron chi connectivity index (χ3n) is 22.6. The molecule has 0 spiro atoms. The molecule has 7 saturated carbocycles. The lowest BCUT2D eigenvalue weighted by Gasteiger charge is -2.33. The second-order valence-corrected chi connectivity index (χ2v) is 32.5. The number of rotatable bonds is 20. The number of carbonyl (C=O) groups is 4. The van der Waals surface area contributed by atoms with E-state index in [0.717, 1.165) is 150 Å².